The summed E-state index contributed by atoms with van der Waals surface area (Å²) in [4.78, 5) is 7.39. The van der Waals surface area contributed by atoms with Gasteiger partial charge in [0.1, 0.15) is 11.9 Å². The van der Waals surface area contributed by atoms with Crippen LogP contribution in [0.15, 0.2) is 23.2 Å². The lowest BCUT2D eigenvalue weighted by atomic mass is 10.1. The van der Waals surface area contributed by atoms with E-state index in [-0.39, 0.29) is 6.10 Å². The van der Waals surface area contributed by atoms with E-state index >= 15 is 0 Å². The maximum atomic E-state index is 6.21. The van der Waals surface area contributed by atoms with E-state index in [0.29, 0.717) is 19.1 Å². The van der Waals surface area contributed by atoms with E-state index in [1.807, 2.05) is 0 Å². The van der Waals surface area contributed by atoms with E-state index in [2.05, 4.69) is 54.5 Å². The number of aryl methyl sites for hydroxylation is 1. The minimum Gasteiger partial charge on any atom is -0.488 e. The number of nitrogens with one attached hydrogen (secondary N) is 2. The normalized spacial score (nSPS) is 21.3. The van der Waals surface area contributed by atoms with E-state index in [0.717, 1.165) is 49.9 Å². The highest BCUT2D eigenvalue weighted by Gasteiger charge is 2.19. The van der Waals surface area contributed by atoms with Gasteiger partial charge in [-0.15, -0.1) is 0 Å². The summed E-state index contributed by atoms with van der Waals surface area (Å²) >= 11 is 0. The van der Waals surface area contributed by atoms with Crippen molar-refractivity contribution in [3.05, 3.63) is 29.3 Å². The third-order valence-electron chi connectivity index (χ3n) is 5.54. The van der Waals surface area contributed by atoms with E-state index < -0.39 is 0 Å². The second-order valence-electron chi connectivity index (χ2n) is 8.40. The molecular formula is C23H38N4O2. The Hall–Kier alpha value is -1.79. The Morgan fingerprint density at radius 3 is 2.86 bits per heavy atom. The van der Waals surface area contributed by atoms with Gasteiger partial charge in [-0.25, -0.2) is 4.99 Å². The highest BCUT2D eigenvalue weighted by atomic mass is 16.5. The maximum absolute atomic E-state index is 6.21. The average molecular weight is 403 g/mol. The summed E-state index contributed by atoms with van der Waals surface area (Å²) in [5, 5.41) is 6.89. The predicted octanol–water partition coefficient (Wildman–Crippen LogP) is 2.95. The van der Waals surface area contributed by atoms with Crippen LogP contribution in [0, 0.1) is 12.8 Å². The average Bonchev–Trinajstić information content (AvgIpc) is 3.39. The van der Waals surface area contributed by atoms with Crippen molar-refractivity contribution in [2.24, 2.45) is 10.9 Å². The Kier molecular flexibility index (Phi) is 8.62. The smallest absolute Gasteiger partial charge is 0.191 e. The number of guanidine groups is 1. The van der Waals surface area contributed by atoms with Crippen LogP contribution in [-0.2, 0) is 11.3 Å². The summed E-state index contributed by atoms with van der Waals surface area (Å²) in [7, 11) is 0. The zero-order valence-electron chi connectivity index (χ0n) is 18.4. The summed E-state index contributed by atoms with van der Waals surface area (Å²) in [6.45, 7) is 14.0. The fourth-order valence-corrected chi connectivity index (χ4v) is 3.93. The number of aliphatic imine (C=N–C) groups is 1. The number of likely N-dealkylation sites (tertiary alicyclic amines) is 1. The molecule has 2 atom stereocenters. The first-order chi connectivity index (χ1) is 14.1. The molecule has 6 heteroatoms. The Morgan fingerprint density at radius 1 is 1.31 bits per heavy atom. The largest absolute Gasteiger partial charge is 0.488 e. The molecule has 0 amide bonds. The van der Waals surface area contributed by atoms with Gasteiger partial charge in [0.25, 0.3) is 0 Å². The second-order valence-corrected chi connectivity index (χ2v) is 8.40. The Balaban J connectivity index is 1.57. The molecule has 0 aromatic heterocycles. The van der Waals surface area contributed by atoms with Crippen LogP contribution in [0.1, 0.15) is 44.2 Å². The van der Waals surface area contributed by atoms with Crippen LogP contribution < -0.4 is 15.4 Å². The third-order valence-corrected chi connectivity index (χ3v) is 5.54. The molecule has 0 aliphatic carbocycles. The molecule has 2 fully saturated rings. The first kappa shape index (κ1) is 21.9. The second kappa shape index (κ2) is 11.4. The minimum absolute atomic E-state index is 0.150. The third kappa shape index (κ3) is 7.19. The van der Waals surface area contributed by atoms with Crippen LogP contribution in [0.25, 0.3) is 0 Å². The monoisotopic (exact) mass is 402 g/mol. The molecule has 2 aliphatic rings. The number of hydrogen-bond acceptors (Lipinski definition) is 4. The molecule has 2 unspecified atom stereocenters. The van der Waals surface area contributed by atoms with Crippen LogP contribution in [0.5, 0.6) is 5.75 Å². The summed E-state index contributed by atoms with van der Waals surface area (Å²) < 4.78 is 11.7. The van der Waals surface area contributed by atoms with Crippen molar-refractivity contribution in [2.45, 2.75) is 52.7 Å². The Labute approximate surface area is 176 Å². The van der Waals surface area contributed by atoms with Crippen molar-refractivity contribution < 1.29 is 9.47 Å². The topological polar surface area (TPSA) is 58.1 Å². The molecule has 1 aromatic carbocycles. The van der Waals surface area contributed by atoms with Gasteiger partial charge < -0.3 is 25.0 Å². The van der Waals surface area contributed by atoms with E-state index in [4.69, 9.17) is 14.5 Å². The van der Waals surface area contributed by atoms with E-state index in [1.165, 1.54) is 31.5 Å². The molecular weight excluding hydrogens is 364 g/mol. The maximum Gasteiger partial charge on any atom is 0.191 e. The molecule has 3 rings (SSSR count). The summed E-state index contributed by atoms with van der Waals surface area (Å²) in [6, 6.07) is 6.37. The zero-order valence-corrected chi connectivity index (χ0v) is 18.4. The highest BCUT2D eigenvalue weighted by molar-refractivity contribution is 5.79. The molecule has 1 aromatic rings. The van der Waals surface area contributed by atoms with Crippen molar-refractivity contribution in [1.82, 2.24) is 15.5 Å². The first-order valence-corrected chi connectivity index (χ1v) is 11.2. The minimum atomic E-state index is 0.150. The molecule has 2 aliphatic heterocycles. The van der Waals surface area contributed by atoms with Crippen molar-refractivity contribution in [3.63, 3.8) is 0 Å². The molecule has 2 N–H and O–H groups in total. The predicted molar refractivity (Wildman–Crippen MR) is 119 cm³/mol. The van der Waals surface area contributed by atoms with Crippen molar-refractivity contribution in [1.29, 1.82) is 0 Å². The molecule has 2 heterocycles. The van der Waals surface area contributed by atoms with Gasteiger partial charge in [-0.05, 0) is 57.3 Å². The molecule has 0 saturated carbocycles. The fraction of sp³-hybridized carbons (Fsp3) is 0.696. The van der Waals surface area contributed by atoms with Crippen LogP contribution in [0.3, 0.4) is 0 Å². The van der Waals surface area contributed by atoms with Crippen molar-refractivity contribution in [3.8, 4) is 5.75 Å². The molecule has 2 saturated heterocycles. The quantitative estimate of drug-likeness (QED) is 0.491. The molecule has 0 radical (unpaired) electrons. The fourth-order valence-electron chi connectivity index (χ4n) is 3.93. The van der Waals surface area contributed by atoms with Gasteiger partial charge >= 0.3 is 0 Å². The van der Waals surface area contributed by atoms with Crippen LogP contribution >= 0.6 is 0 Å². The Morgan fingerprint density at radius 2 is 2.14 bits per heavy atom. The van der Waals surface area contributed by atoms with Gasteiger partial charge in [0.05, 0.1) is 19.8 Å². The molecule has 162 valence electrons. The van der Waals surface area contributed by atoms with Gasteiger partial charge in [-0.1, -0.05) is 19.1 Å². The standard InChI is InChI=1S/C23H38N4O2/c1-4-24-23(25-14-19(3)16-27-10-5-6-11-27)26-15-20-8-7-18(2)13-22(20)29-21-9-12-28-17-21/h7-8,13,19,21H,4-6,9-12,14-17H2,1-3H3,(H2,24,25,26). The molecule has 29 heavy (non-hydrogen) atoms. The van der Waals surface area contributed by atoms with Gasteiger partial charge in [-0.3, -0.25) is 0 Å². The number of ether oxygens (including phenoxy) is 2. The van der Waals surface area contributed by atoms with Gasteiger partial charge in [0, 0.05) is 31.6 Å². The summed E-state index contributed by atoms with van der Waals surface area (Å²) in [6.07, 6.45) is 3.80. The van der Waals surface area contributed by atoms with Gasteiger partial charge in [0.15, 0.2) is 5.96 Å². The van der Waals surface area contributed by atoms with E-state index in [9.17, 15) is 0 Å². The number of rotatable bonds is 9. The lowest BCUT2D eigenvalue weighted by molar-refractivity contribution is 0.140. The SMILES string of the molecule is CCNC(=NCc1ccc(C)cc1OC1CCOC1)NCC(C)CN1CCCC1. The highest BCUT2D eigenvalue weighted by Crippen LogP contribution is 2.24. The van der Waals surface area contributed by atoms with E-state index in [1.54, 1.807) is 0 Å². The molecule has 0 spiro atoms. The lowest BCUT2D eigenvalue weighted by Crippen LogP contribution is -2.41. The van der Waals surface area contributed by atoms with Crippen LogP contribution in [0.2, 0.25) is 0 Å². The lowest BCUT2D eigenvalue weighted by Gasteiger charge is -2.21. The molecule has 6 nitrogen and oxygen atoms in total. The Bertz CT molecular complexity index is 652. The van der Waals surface area contributed by atoms with Gasteiger partial charge in [-0.2, -0.15) is 0 Å². The number of benzene rings is 1. The van der Waals surface area contributed by atoms with Crippen molar-refractivity contribution >= 4 is 5.96 Å². The summed E-state index contributed by atoms with van der Waals surface area (Å²) in [5.41, 5.74) is 2.32. The molecule has 0 bridgehead atoms. The first-order valence-electron chi connectivity index (χ1n) is 11.2. The number of hydrogen-bond donors (Lipinski definition) is 2. The number of nitrogens with zero attached hydrogens (tertiary/aromatic N) is 2. The van der Waals surface area contributed by atoms with Gasteiger partial charge in [0.2, 0.25) is 0 Å². The van der Waals surface area contributed by atoms with Crippen molar-refractivity contribution in [2.75, 3.05) is 45.9 Å². The van der Waals surface area contributed by atoms with Crippen LogP contribution in [-0.4, -0.2) is 62.9 Å². The summed E-state index contributed by atoms with van der Waals surface area (Å²) in [5.74, 6) is 2.40. The van der Waals surface area contributed by atoms with Crippen LogP contribution in [0.4, 0.5) is 0 Å². The zero-order chi connectivity index (χ0) is 20.5.